The number of rotatable bonds is 15. The van der Waals surface area contributed by atoms with Crippen LogP contribution >= 0.6 is 0 Å². The van der Waals surface area contributed by atoms with E-state index < -0.39 is 0 Å². The maximum absolute atomic E-state index is 2.58. The van der Waals surface area contributed by atoms with Crippen molar-refractivity contribution in [2.24, 2.45) is 0 Å². The summed E-state index contributed by atoms with van der Waals surface area (Å²) >= 11 is 0. The molecule has 0 spiro atoms. The zero-order valence-electron chi connectivity index (χ0n) is 16.2. The topological polar surface area (TPSA) is 6.48 Å². The van der Waals surface area contributed by atoms with Crippen LogP contribution in [0, 0.1) is 0 Å². The number of unbranched alkanes of at least 4 members (excludes halogenated alkanes) is 10. The summed E-state index contributed by atoms with van der Waals surface area (Å²) in [5, 5.41) is 0. The molecule has 0 radical (unpaired) electrons. The summed E-state index contributed by atoms with van der Waals surface area (Å²) in [4.78, 5) is 5.14. The lowest BCUT2D eigenvalue weighted by Crippen LogP contribution is -2.38. The fourth-order valence-electron chi connectivity index (χ4n) is 3.63. The minimum absolute atomic E-state index is 0.626. The molecule has 0 amide bonds. The van der Waals surface area contributed by atoms with E-state index in [1.807, 2.05) is 0 Å². The number of hydrogen-bond acceptors (Lipinski definition) is 2. The van der Waals surface area contributed by atoms with Crippen molar-refractivity contribution in [2.45, 2.75) is 110 Å². The third kappa shape index (κ3) is 8.67. The van der Waals surface area contributed by atoms with Gasteiger partial charge in [0.15, 0.2) is 0 Å². The van der Waals surface area contributed by atoms with E-state index in [-0.39, 0.29) is 0 Å². The molecule has 1 unspecified atom stereocenters. The zero-order chi connectivity index (χ0) is 16.8. The van der Waals surface area contributed by atoms with Gasteiger partial charge in [0.25, 0.3) is 0 Å². The number of nitrogens with zero attached hydrogens (tertiary/aromatic N) is 2. The minimum Gasteiger partial charge on any atom is -0.356 e. The van der Waals surface area contributed by atoms with Crippen molar-refractivity contribution in [1.82, 2.24) is 9.80 Å². The van der Waals surface area contributed by atoms with E-state index in [1.54, 1.807) is 0 Å². The van der Waals surface area contributed by atoms with Gasteiger partial charge in [-0.25, -0.2) is 0 Å². The third-order valence-electron chi connectivity index (χ3n) is 5.12. The Morgan fingerprint density at radius 3 is 1.43 bits per heavy atom. The van der Waals surface area contributed by atoms with Gasteiger partial charge in [0.1, 0.15) is 6.17 Å². The van der Waals surface area contributed by atoms with Crippen LogP contribution in [0.1, 0.15) is 104 Å². The van der Waals surface area contributed by atoms with Crippen LogP contribution in [0.3, 0.4) is 0 Å². The van der Waals surface area contributed by atoms with Crippen molar-refractivity contribution < 1.29 is 0 Å². The van der Waals surface area contributed by atoms with Crippen molar-refractivity contribution in [3.05, 3.63) is 12.4 Å². The Labute approximate surface area is 146 Å². The van der Waals surface area contributed by atoms with Crippen LogP contribution in [0.15, 0.2) is 12.4 Å². The Morgan fingerprint density at radius 1 is 0.565 bits per heavy atom. The van der Waals surface area contributed by atoms with Crippen LogP contribution < -0.4 is 0 Å². The van der Waals surface area contributed by atoms with E-state index >= 15 is 0 Å². The Balaban J connectivity index is 2.05. The molecule has 0 saturated carbocycles. The highest BCUT2D eigenvalue weighted by Crippen LogP contribution is 2.20. The molecule has 23 heavy (non-hydrogen) atoms. The monoisotopic (exact) mass is 322 g/mol. The van der Waals surface area contributed by atoms with Crippen LogP contribution in [0.2, 0.25) is 0 Å². The van der Waals surface area contributed by atoms with Crippen LogP contribution in [0.4, 0.5) is 0 Å². The number of hydrogen-bond donors (Lipinski definition) is 0. The molecule has 0 aliphatic carbocycles. The van der Waals surface area contributed by atoms with Gasteiger partial charge in [0.2, 0.25) is 0 Å². The highest BCUT2D eigenvalue weighted by Gasteiger charge is 2.23. The van der Waals surface area contributed by atoms with E-state index in [0.29, 0.717) is 6.17 Å². The highest BCUT2D eigenvalue weighted by atomic mass is 15.4. The molecule has 1 aliphatic heterocycles. The molecule has 0 fully saturated rings. The normalized spacial score (nSPS) is 17.4. The van der Waals surface area contributed by atoms with Gasteiger partial charge in [-0.15, -0.1) is 0 Å². The Hall–Kier alpha value is -0.660. The molecule has 1 aliphatic rings. The highest BCUT2D eigenvalue weighted by molar-refractivity contribution is 4.96. The van der Waals surface area contributed by atoms with Crippen molar-refractivity contribution in [3.63, 3.8) is 0 Å². The standard InChI is InChI=1S/C21H42N2/c1-4-7-9-10-11-12-13-14-16-18-23-20-19-22(21(23)6-3)17-15-8-5-2/h19-21H,4-18H2,1-3H3. The molecule has 0 aromatic carbocycles. The average molecular weight is 323 g/mol. The van der Waals surface area contributed by atoms with Crippen molar-refractivity contribution >= 4 is 0 Å². The van der Waals surface area contributed by atoms with E-state index in [9.17, 15) is 0 Å². The van der Waals surface area contributed by atoms with Gasteiger partial charge in [-0.3, -0.25) is 0 Å². The quantitative estimate of drug-likeness (QED) is 0.316. The van der Waals surface area contributed by atoms with Crippen LogP contribution in [-0.4, -0.2) is 29.1 Å². The first-order chi connectivity index (χ1) is 11.3. The summed E-state index contributed by atoms with van der Waals surface area (Å²) in [5.41, 5.74) is 0. The van der Waals surface area contributed by atoms with Crippen molar-refractivity contribution in [3.8, 4) is 0 Å². The van der Waals surface area contributed by atoms with Gasteiger partial charge in [0.05, 0.1) is 0 Å². The second-order valence-electron chi connectivity index (χ2n) is 7.20. The summed E-state index contributed by atoms with van der Waals surface area (Å²) in [7, 11) is 0. The van der Waals surface area contributed by atoms with Crippen LogP contribution in [0.5, 0.6) is 0 Å². The first-order valence-electron chi connectivity index (χ1n) is 10.5. The Morgan fingerprint density at radius 2 is 0.957 bits per heavy atom. The fourth-order valence-corrected chi connectivity index (χ4v) is 3.63. The average Bonchev–Trinajstić information content (AvgIpc) is 2.95. The molecule has 0 saturated heterocycles. The molecule has 1 atom stereocenters. The van der Waals surface area contributed by atoms with Gasteiger partial charge in [-0.2, -0.15) is 0 Å². The second kappa shape index (κ2) is 13.7. The molecular formula is C21H42N2. The van der Waals surface area contributed by atoms with Gasteiger partial charge >= 0.3 is 0 Å². The molecule has 0 bridgehead atoms. The lowest BCUT2D eigenvalue weighted by atomic mass is 10.1. The van der Waals surface area contributed by atoms with Gasteiger partial charge in [-0.05, 0) is 19.3 Å². The van der Waals surface area contributed by atoms with Crippen LogP contribution in [-0.2, 0) is 0 Å². The molecule has 2 nitrogen and oxygen atoms in total. The molecule has 1 heterocycles. The predicted octanol–water partition coefficient (Wildman–Crippen LogP) is 6.53. The summed E-state index contributed by atoms with van der Waals surface area (Å²) in [6.07, 6.45) is 23.3. The minimum atomic E-state index is 0.626. The lowest BCUT2D eigenvalue weighted by molar-refractivity contribution is 0.144. The van der Waals surface area contributed by atoms with Gasteiger partial charge in [0, 0.05) is 25.5 Å². The Bertz CT molecular complexity index is 288. The predicted molar refractivity (Wildman–Crippen MR) is 103 cm³/mol. The molecule has 0 aromatic heterocycles. The van der Waals surface area contributed by atoms with Crippen molar-refractivity contribution in [2.75, 3.05) is 13.1 Å². The third-order valence-corrected chi connectivity index (χ3v) is 5.12. The first-order valence-corrected chi connectivity index (χ1v) is 10.5. The van der Waals surface area contributed by atoms with Gasteiger partial charge in [-0.1, -0.05) is 85.0 Å². The molecule has 136 valence electrons. The summed E-state index contributed by atoms with van der Waals surface area (Å²) in [6, 6.07) is 0. The molecule has 0 aromatic rings. The van der Waals surface area contributed by atoms with Crippen molar-refractivity contribution in [1.29, 1.82) is 0 Å². The molecular weight excluding hydrogens is 280 g/mol. The molecule has 0 N–H and O–H groups in total. The van der Waals surface area contributed by atoms with E-state index in [1.165, 1.54) is 96.6 Å². The molecule has 1 rings (SSSR count). The summed E-state index contributed by atoms with van der Waals surface area (Å²) in [6.45, 7) is 9.38. The first kappa shape index (κ1) is 20.4. The molecule has 2 heteroatoms. The largest absolute Gasteiger partial charge is 0.356 e. The SMILES string of the molecule is CCCCCCCCCCCN1C=CN(CCCCC)C1CC. The second-order valence-corrected chi connectivity index (χ2v) is 7.20. The summed E-state index contributed by atoms with van der Waals surface area (Å²) in [5.74, 6) is 0. The maximum atomic E-state index is 2.58. The Kier molecular flexibility index (Phi) is 12.2. The van der Waals surface area contributed by atoms with Gasteiger partial charge < -0.3 is 9.80 Å². The van der Waals surface area contributed by atoms with Crippen LogP contribution in [0.25, 0.3) is 0 Å². The van der Waals surface area contributed by atoms with E-state index in [0.717, 1.165) is 0 Å². The summed E-state index contributed by atoms with van der Waals surface area (Å²) < 4.78 is 0. The fraction of sp³-hybridized carbons (Fsp3) is 0.905. The smallest absolute Gasteiger partial charge is 0.100 e. The van der Waals surface area contributed by atoms with E-state index in [2.05, 4.69) is 43.0 Å². The zero-order valence-corrected chi connectivity index (χ0v) is 16.2. The maximum Gasteiger partial charge on any atom is 0.100 e. The van der Waals surface area contributed by atoms with E-state index in [4.69, 9.17) is 0 Å². The lowest BCUT2D eigenvalue weighted by Gasteiger charge is -2.32.